The highest BCUT2D eigenvalue weighted by Crippen LogP contribution is 2.37. The number of hydrogen-bond donors (Lipinski definition) is 3. The van der Waals surface area contributed by atoms with E-state index in [2.05, 4.69) is 0 Å². The fourth-order valence-corrected chi connectivity index (χ4v) is 4.03. The first-order valence-corrected chi connectivity index (χ1v) is 6.58. The summed E-state index contributed by atoms with van der Waals surface area (Å²) in [6, 6.07) is 0. The Morgan fingerprint density at radius 3 is 1.15 bits per heavy atom. The SMILES string of the molecule is C[C@H](O)CP(C[C@H](C)O)C[C@H](C)O. The second kappa shape index (κ2) is 6.72. The lowest BCUT2D eigenvalue weighted by Crippen LogP contribution is -2.18. The molecule has 3 nitrogen and oxygen atoms in total. The zero-order valence-corrected chi connectivity index (χ0v) is 9.54. The Bertz CT molecular complexity index is 102. The molecule has 0 heterocycles. The topological polar surface area (TPSA) is 60.7 Å². The molecule has 0 unspecified atom stereocenters. The van der Waals surface area contributed by atoms with Crippen molar-refractivity contribution in [2.24, 2.45) is 0 Å². The summed E-state index contributed by atoms with van der Waals surface area (Å²) in [7, 11) is -0.429. The van der Waals surface area contributed by atoms with E-state index in [1.807, 2.05) is 0 Å². The van der Waals surface area contributed by atoms with Crippen LogP contribution in [0.2, 0.25) is 0 Å². The van der Waals surface area contributed by atoms with Gasteiger partial charge in [-0.25, -0.2) is 0 Å². The lowest BCUT2D eigenvalue weighted by molar-refractivity contribution is 0.207. The van der Waals surface area contributed by atoms with Crippen molar-refractivity contribution in [1.29, 1.82) is 0 Å². The minimum absolute atomic E-state index is 0.330. The molecule has 0 amide bonds. The molecule has 80 valence electrons. The Balaban J connectivity index is 3.87. The summed E-state index contributed by atoms with van der Waals surface area (Å²) in [5, 5.41) is 27.6. The van der Waals surface area contributed by atoms with E-state index in [1.54, 1.807) is 20.8 Å². The van der Waals surface area contributed by atoms with Crippen molar-refractivity contribution in [1.82, 2.24) is 0 Å². The Morgan fingerprint density at radius 1 is 0.769 bits per heavy atom. The van der Waals surface area contributed by atoms with Crippen LogP contribution in [-0.4, -0.2) is 52.1 Å². The molecule has 3 N–H and O–H groups in total. The maximum absolute atomic E-state index is 9.20. The smallest absolute Gasteiger partial charge is 0.0551 e. The van der Waals surface area contributed by atoms with Gasteiger partial charge in [-0.15, -0.1) is 0 Å². The van der Waals surface area contributed by atoms with E-state index in [4.69, 9.17) is 0 Å². The molecule has 0 radical (unpaired) electrons. The van der Waals surface area contributed by atoms with E-state index in [0.29, 0.717) is 18.5 Å². The first-order chi connectivity index (χ1) is 5.91. The van der Waals surface area contributed by atoms with Gasteiger partial charge in [0.25, 0.3) is 0 Å². The van der Waals surface area contributed by atoms with Crippen LogP contribution in [0.3, 0.4) is 0 Å². The van der Waals surface area contributed by atoms with Gasteiger partial charge in [-0.2, -0.15) is 0 Å². The lowest BCUT2D eigenvalue weighted by atomic mass is 10.5. The Kier molecular flexibility index (Phi) is 6.88. The molecule has 0 spiro atoms. The maximum atomic E-state index is 9.20. The standard InChI is InChI=1S/C9H21O3P/c1-7(10)4-13(5-8(2)11)6-9(3)12/h7-12H,4-6H2,1-3H3/t7-,8-,9-/m0/s1. The molecule has 0 rings (SSSR count). The van der Waals surface area contributed by atoms with Crippen molar-refractivity contribution in [3.8, 4) is 0 Å². The summed E-state index contributed by atoms with van der Waals surface area (Å²) >= 11 is 0. The van der Waals surface area contributed by atoms with Gasteiger partial charge in [0.2, 0.25) is 0 Å². The lowest BCUT2D eigenvalue weighted by Gasteiger charge is -2.21. The predicted molar refractivity (Wildman–Crippen MR) is 56.6 cm³/mol. The van der Waals surface area contributed by atoms with Crippen molar-refractivity contribution >= 4 is 7.92 Å². The van der Waals surface area contributed by atoms with Crippen LogP contribution in [0.1, 0.15) is 20.8 Å². The predicted octanol–water partition coefficient (Wildman–Crippen LogP) is 0.611. The van der Waals surface area contributed by atoms with E-state index >= 15 is 0 Å². The van der Waals surface area contributed by atoms with Crippen molar-refractivity contribution < 1.29 is 15.3 Å². The number of rotatable bonds is 6. The van der Waals surface area contributed by atoms with Crippen LogP contribution >= 0.6 is 7.92 Å². The quantitative estimate of drug-likeness (QED) is 0.560. The van der Waals surface area contributed by atoms with E-state index in [-0.39, 0.29) is 18.3 Å². The van der Waals surface area contributed by atoms with E-state index in [9.17, 15) is 15.3 Å². The van der Waals surface area contributed by atoms with Gasteiger partial charge >= 0.3 is 0 Å². The number of aliphatic hydroxyl groups excluding tert-OH is 3. The van der Waals surface area contributed by atoms with Gasteiger partial charge in [0, 0.05) is 0 Å². The molecule has 0 aromatic carbocycles. The average Bonchev–Trinajstić information content (AvgIpc) is 1.80. The van der Waals surface area contributed by atoms with Gasteiger partial charge in [-0.1, -0.05) is 7.92 Å². The van der Waals surface area contributed by atoms with Gasteiger partial charge in [-0.05, 0) is 39.3 Å². The first-order valence-electron chi connectivity index (χ1n) is 4.68. The molecule has 0 saturated heterocycles. The Morgan fingerprint density at radius 2 is 1.00 bits per heavy atom. The molecule has 4 heteroatoms. The zero-order valence-electron chi connectivity index (χ0n) is 8.64. The third-order valence-electron chi connectivity index (χ3n) is 1.57. The van der Waals surface area contributed by atoms with Crippen LogP contribution in [0.4, 0.5) is 0 Å². The summed E-state index contributed by atoms with van der Waals surface area (Å²) in [5.41, 5.74) is 0. The van der Waals surface area contributed by atoms with E-state index in [1.165, 1.54) is 0 Å². The van der Waals surface area contributed by atoms with Crippen LogP contribution in [0.5, 0.6) is 0 Å². The second-order valence-electron chi connectivity index (χ2n) is 3.77. The monoisotopic (exact) mass is 208 g/mol. The van der Waals surface area contributed by atoms with Crippen LogP contribution in [-0.2, 0) is 0 Å². The Labute approximate surface area is 81.5 Å². The number of aliphatic hydroxyl groups is 3. The molecular formula is C9H21O3P. The summed E-state index contributed by atoms with van der Waals surface area (Å²) in [5.74, 6) is 0. The van der Waals surface area contributed by atoms with Gasteiger partial charge in [-0.3, -0.25) is 0 Å². The maximum Gasteiger partial charge on any atom is 0.0551 e. The van der Waals surface area contributed by atoms with E-state index in [0.717, 1.165) is 0 Å². The molecule has 0 aromatic heterocycles. The minimum Gasteiger partial charge on any atom is -0.393 e. The molecular weight excluding hydrogens is 187 g/mol. The largest absolute Gasteiger partial charge is 0.393 e. The van der Waals surface area contributed by atoms with Crippen LogP contribution in [0, 0.1) is 0 Å². The van der Waals surface area contributed by atoms with Gasteiger partial charge < -0.3 is 15.3 Å². The second-order valence-corrected chi connectivity index (χ2v) is 6.20. The zero-order chi connectivity index (χ0) is 10.4. The minimum atomic E-state index is -0.429. The Hall–Kier alpha value is 0.310. The molecule has 13 heavy (non-hydrogen) atoms. The summed E-state index contributed by atoms with van der Waals surface area (Å²) in [4.78, 5) is 0. The highest BCUT2D eigenvalue weighted by atomic mass is 31.1. The fraction of sp³-hybridized carbons (Fsp3) is 1.00. The molecule has 0 aliphatic rings. The van der Waals surface area contributed by atoms with E-state index < -0.39 is 7.92 Å². The van der Waals surface area contributed by atoms with Crippen molar-refractivity contribution in [2.45, 2.75) is 39.1 Å². The fourth-order valence-electron chi connectivity index (χ4n) is 1.34. The third kappa shape index (κ3) is 8.63. The molecule has 0 saturated carbocycles. The van der Waals surface area contributed by atoms with Gasteiger partial charge in [0.1, 0.15) is 0 Å². The van der Waals surface area contributed by atoms with Crippen molar-refractivity contribution in [2.75, 3.05) is 18.5 Å². The van der Waals surface area contributed by atoms with Crippen LogP contribution in [0.15, 0.2) is 0 Å². The van der Waals surface area contributed by atoms with Gasteiger partial charge in [0.15, 0.2) is 0 Å². The molecule has 0 aliphatic heterocycles. The molecule has 0 bridgehead atoms. The molecule has 3 atom stereocenters. The average molecular weight is 208 g/mol. The van der Waals surface area contributed by atoms with Crippen molar-refractivity contribution in [3.05, 3.63) is 0 Å². The normalized spacial score (nSPS) is 18.7. The van der Waals surface area contributed by atoms with Gasteiger partial charge in [0.05, 0.1) is 18.3 Å². The summed E-state index contributed by atoms with van der Waals surface area (Å²) in [6.45, 7) is 5.25. The third-order valence-corrected chi connectivity index (χ3v) is 4.70. The first kappa shape index (κ1) is 13.3. The van der Waals surface area contributed by atoms with Crippen LogP contribution < -0.4 is 0 Å². The molecule has 0 aromatic rings. The summed E-state index contributed by atoms with van der Waals surface area (Å²) < 4.78 is 0. The highest BCUT2D eigenvalue weighted by Gasteiger charge is 2.15. The molecule has 0 fully saturated rings. The molecule has 0 aliphatic carbocycles. The number of hydrogen-bond acceptors (Lipinski definition) is 3. The summed E-state index contributed by atoms with van der Waals surface area (Å²) in [6.07, 6.45) is 1.15. The van der Waals surface area contributed by atoms with Crippen molar-refractivity contribution in [3.63, 3.8) is 0 Å². The van der Waals surface area contributed by atoms with Crippen LogP contribution in [0.25, 0.3) is 0 Å². The highest BCUT2D eigenvalue weighted by molar-refractivity contribution is 7.57.